The lowest BCUT2D eigenvalue weighted by Gasteiger charge is -2.29. The Morgan fingerprint density at radius 2 is 1.93 bits per heavy atom. The lowest BCUT2D eigenvalue weighted by Crippen LogP contribution is -2.29. The van der Waals surface area contributed by atoms with Gasteiger partial charge in [-0.1, -0.05) is 44.0 Å². The number of thioether (sulfide) groups is 1. The maximum Gasteiger partial charge on any atom is 0.160 e. The second kappa shape index (κ2) is 7.25. The molecule has 5 rings (SSSR count). The summed E-state index contributed by atoms with van der Waals surface area (Å²) in [6.45, 7) is 8.00. The van der Waals surface area contributed by atoms with Gasteiger partial charge in [0.05, 0.1) is 11.7 Å². The number of nitrogens with zero attached hydrogens (tertiary/aromatic N) is 4. The summed E-state index contributed by atoms with van der Waals surface area (Å²) in [5, 5.41) is 1.81. The van der Waals surface area contributed by atoms with Crippen molar-refractivity contribution in [1.29, 1.82) is 0 Å². The molecule has 3 aliphatic rings. The lowest BCUT2D eigenvalue weighted by atomic mass is 9.94. The first kappa shape index (κ1) is 18.3. The predicted octanol–water partition coefficient (Wildman–Crippen LogP) is 5.59. The number of fused-ring (bicyclic) bond motifs is 1. The maximum absolute atomic E-state index is 5.15. The predicted molar refractivity (Wildman–Crippen MR) is 117 cm³/mol. The molecule has 2 fully saturated rings. The highest BCUT2D eigenvalue weighted by atomic mass is 32.2. The van der Waals surface area contributed by atoms with Gasteiger partial charge in [-0.3, -0.25) is 9.98 Å². The van der Waals surface area contributed by atoms with Crippen molar-refractivity contribution in [3.63, 3.8) is 0 Å². The van der Waals surface area contributed by atoms with Crippen molar-refractivity contribution >= 4 is 16.9 Å². The van der Waals surface area contributed by atoms with E-state index in [0.717, 1.165) is 12.2 Å². The minimum absolute atomic E-state index is 0.0940. The Morgan fingerprint density at radius 1 is 1.11 bits per heavy atom. The molecular formula is C23H30N4S. The van der Waals surface area contributed by atoms with Crippen LogP contribution >= 0.6 is 11.8 Å². The van der Waals surface area contributed by atoms with Crippen molar-refractivity contribution in [2.75, 3.05) is 6.54 Å². The van der Waals surface area contributed by atoms with Gasteiger partial charge in [0.1, 0.15) is 6.04 Å². The molecule has 0 N–H and O–H groups in total. The second-order valence-corrected chi connectivity index (χ2v) is 10.0. The third-order valence-electron chi connectivity index (χ3n) is 6.66. The second-order valence-electron chi connectivity index (χ2n) is 8.63. The van der Waals surface area contributed by atoms with Crippen LogP contribution in [0.1, 0.15) is 79.8 Å². The van der Waals surface area contributed by atoms with Crippen molar-refractivity contribution in [2.24, 2.45) is 4.99 Å². The molecule has 0 aromatic carbocycles. The van der Waals surface area contributed by atoms with Crippen LogP contribution in [0, 0.1) is 13.8 Å². The first-order valence-corrected chi connectivity index (χ1v) is 11.6. The molecule has 2 aliphatic heterocycles. The van der Waals surface area contributed by atoms with Gasteiger partial charge in [0.25, 0.3) is 0 Å². The number of rotatable bonds is 3. The molecule has 0 bridgehead atoms. The third-order valence-corrected chi connectivity index (χ3v) is 7.77. The first-order valence-electron chi connectivity index (χ1n) is 10.7. The number of aliphatic imine (C=N–C) groups is 1. The lowest BCUT2D eigenvalue weighted by molar-refractivity contribution is 0.315. The molecule has 4 heterocycles. The molecular weight excluding hydrogens is 364 g/mol. The van der Waals surface area contributed by atoms with E-state index in [1.165, 1.54) is 54.2 Å². The van der Waals surface area contributed by atoms with Crippen molar-refractivity contribution in [3.8, 4) is 0 Å². The Labute approximate surface area is 172 Å². The Bertz CT molecular complexity index is 882. The summed E-state index contributed by atoms with van der Waals surface area (Å²) in [6.07, 6.45) is 8.67. The average molecular weight is 395 g/mol. The largest absolute Gasteiger partial charge is 0.346 e. The van der Waals surface area contributed by atoms with Crippen molar-refractivity contribution in [3.05, 3.63) is 53.1 Å². The molecule has 0 amide bonds. The summed E-state index contributed by atoms with van der Waals surface area (Å²) in [7, 11) is 0. The zero-order valence-corrected chi connectivity index (χ0v) is 18.0. The molecule has 1 saturated carbocycles. The fourth-order valence-electron chi connectivity index (χ4n) is 5.46. The number of hydrogen-bond acceptors (Lipinski definition) is 4. The van der Waals surface area contributed by atoms with Gasteiger partial charge in [0.2, 0.25) is 0 Å². The summed E-state index contributed by atoms with van der Waals surface area (Å²) in [4.78, 5) is 12.4. The molecule has 28 heavy (non-hydrogen) atoms. The standard InChI is InChI=1S/C23H30N4S/c1-15-13-19(17(3)27(15)18-9-5-4-6-10-18)22-21(20-11-7-8-12-24-20)25-23-26(22)14-16(2)28-23/h7-8,11-13,16,18,21-22H,4-6,9-10,14H2,1-3H3/t16-,21+,22-/m0/s1. The molecule has 4 nitrogen and oxygen atoms in total. The van der Waals surface area contributed by atoms with Gasteiger partial charge in [-0.15, -0.1) is 0 Å². The smallest absolute Gasteiger partial charge is 0.160 e. The van der Waals surface area contributed by atoms with E-state index < -0.39 is 0 Å². The van der Waals surface area contributed by atoms with Gasteiger partial charge < -0.3 is 9.47 Å². The van der Waals surface area contributed by atoms with Crippen LogP contribution in [0.4, 0.5) is 0 Å². The van der Waals surface area contributed by atoms with Crippen LogP contribution in [-0.4, -0.2) is 31.4 Å². The highest BCUT2D eigenvalue weighted by Crippen LogP contribution is 2.49. The van der Waals surface area contributed by atoms with E-state index in [4.69, 9.17) is 4.99 Å². The van der Waals surface area contributed by atoms with Crippen molar-refractivity contribution in [1.82, 2.24) is 14.5 Å². The molecule has 5 heteroatoms. The number of pyridine rings is 1. The first-order chi connectivity index (χ1) is 13.6. The molecule has 2 aromatic rings. The summed E-state index contributed by atoms with van der Waals surface area (Å²) >= 11 is 1.92. The molecule has 148 valence electrons. The normalized spacial score (nSPS) is 27.9. The highest BCUT2D eigenvalue weighted by molar-refractivity contribution is 8.14. The number of aromatic nitrogens is 2. The average Bonchev–Trinajstić information content (AvgIpc) is 3.33. The topological polar surface area (TPSA) is 33.4 Å². The molecule has 0 radical (unpaired) electrons. The minimum atomic E-state index is 0.0940. The molecule has 3 atom stereocenters. The number of hydrogen-bond donors (Lipinski definition) is 0. The summed E-state index contributed by atoms with van der Waals surface area (Å²) in [5.74, 6) is 0. The minimum Gasteiger partial charge on any atom is -0.346 e. The SMILES string of the molecule is Cc1cc([C@H]2[C@@H](c3ccccn3)N=C3S[C@@H](C)CN32)c(C)n1C1CCCCC1. The highest BCUT2D eigenvalue weighted by Gasteiger charge is 2.44. The summed E-state index contributed by atoms with van der Waals surface area (Å²) < 4.78 is 2.63. The maximum atomic E-state index is 5.15. The van der Waals surface area contributed by atoms with E-state index in [1.807, 2.05) is 24.0 Å². The van der Waals surface area contributed by atoms with Crippen LogP contribution in [-0.2, 0) is 0 Å². The van der Waals surface area contributed by atoms with Gasteiger partial charge >= 0.3 is 0 Å². The molecule has 1 aliphatic carbocycles. The van der Waals surface area contributed by atoms with Crippen molar-refractivity contribution < 1.29 is 0 Å². The molecule has 0 spiro atoms. The number of aryl methyl sites for hydroxylation is 1. The van der Waals surface area contributed by atoms with E-state index in [1.54, 1.807) is 0 Å². The summed E-state index contributed by atoms with van der Waals surface area (Å²) in [5.41, 5.74) is 5.39. The van der Waals surface area contributed by atoms with Gasteiger partial charge in [0, 0.05) is 35.4 Å². The monoisotopic (exact) mass is 394 g/mol. The quantitative estimate of drug-likeness (QED) is 0.680. The Balaban J connectivity index is 1.56. The van der Waals surface area contributed by atoms with Crippen LogP contribution in [0.3, 0.4) is 0 Å². The van der Waals surface area contributed by atoms with Crippen LogP contribution in [0.2, 0.25) is 0 Å². The van der Waals surface area contributed by atoms with Crippen LogP contribution in [0.15, 0.2) is 35.5 Å². The zero-order chi connectivity index (χ0) is 19.3. The van der Waals surface area contributed by atoms with Gasteiger partial charge in [-0.05, 0) is 50.5 Å². The van der Waals surface area contributed by atoms with E-state index in [2.05, 4.69) is 53.4 Å². The fraction of sp³-hybridized carbons (Fsp3) is 0.565. The van der Waals surface area contributed by atoms with E-state index >= 15 is 0 Å². The third kappa shape index (κ3) is 2.99. The molecule has 1 saturated heterocycles. The summed E-state index contributed by atoms with van der Waals surface area (Å²) in [6, 6.07) is 9.69. The Morgan fingerprint density at radius 3 is 2.68 bits per heavy atom. The van der Waals surface area contributed by atoms with Crippen LogP contribution in [0.25, 0.3) is 0 Å². The van der Waals surface area contributed by atoms with E-state index in [9.17, 15) is 0 Å². The Hall–Kier alpha value is -1.75. The fourth-order valence-corrected chi connectivity index (χ4v) is 6.55. The van der Waals surface area contributed by atoms with Crippen molar-refractivity contribution in [2.45, 2.75) is 76.3 Å². The van der Waals surface area contributed by atoms with Crippen LogP contribution in [0.5, 0.6) is 0 Å². The zero-order valence-electron chi connectivity index (χ0n) is 17.1. The van der Waals surface area contributed by atoms with E-state index in [0.29, 0.717) is 11.3 Å². The molecule has 0 unspecified atom stereocenters. The Kier molecular flexibility index (Phi) is 4.74. The van der Waals surface area contributed by atoms with Gasteiger partial charge in [-0.2, -0.15) is 0 Å². The van der Waals surface area contributed by atoms with Gasteiger partial charge in [0.15, 0.2) is 5.17 Å². The van der Waals surface area contributed by atoms with E-state index in [-0.39, 0.29) is 12.1 Å². The molecule has 2 aromatic heterocycles. The number of amidine groups is 1. The van der Waals surface area contributed by atoms with Gasteiger partial charge in [-0.25, -0.2) is 0 Å². The van der Waals surface area contributed by atoms with Crippen LogP contribution < -0.4 is 0 Å².